The van der Waals surface area contributed by atoms with Gasteiger partial charge in [0.25, 0.3) is 5.91 Å². The molecule has 8 nitrogen and oxygen atoms in total. The lowest BCUT2D eigenvalue weighted by Gasteiger charge is -2.34. The summed E-state index contributed by atoms with van der Waals surface area (Å²) in [5.74, 6) is -0.907. The Hall–Kier alpha value is -4.11. The number of aryl methyl sites for hydroxylation is 3. The number of carbonyl (C=O) groups is 2. The maximum absolute atomic E-state index is 13.4. The molecule has 226 valence electrons. The molecule has 0 radical (unpaired) electrons. The van der Waals surface area contributed by atoms with Crippen LogP contribution < -0.4 is 4.72 Å². The molecular formula is C34H39N3O5S. The van der Waals surface area contributed by atoms with Crippen molar-refractivity contribution in [1.29, 1.82) is 0 Å². The van der Waals surface area contributed by atoms with Gasteiger partial charge in [0.15, 0.2) is 0 Å². The van der Waals surface area contributed by atoms with Crippen molar-refractivity contribution in [3.63, 3.8) is 0 Å². The normalized spacial score (nSPS) is 15.4. The molecule has 1 atom stereocenters. The molecule has 1 aliphatic heterocycles. The van der Waals surface area contributed by atoms with Crippen molar-refractivity contribution in [3.05, 3.63) is 107 Å². The fourth-order valence-corrected chi connectivity index (χ4v) is 6.83. The quantitative estimate of drug-likeness (QED) is 0.220. The highest BCUT2D eigenvalue weighted by molar-refractivity contribution is 7.90. The Morgan fingerprint density at radius 3 is 2.40 bits per heavy atom. The van der Waals surface area contributed by atoms with Crippen LogP contribution in [0.2, 0.25) is 0 Å². The minimum absolute atomic E-state index is 0.163. The molecule has 9 heteroatoms. The third-order valence-corrected chi connectivity index (χ3v) is 9.29. The van der Waals surface area contributed by atoms with E-state index in [0.29, 0.717) is 25.2 Å². The number of aromatic nitrogens is 1. The summed E-state index contributed by atoms with van der Waals surface area (Å²) in [5.41, 5.74) is 4.39. The van der Waals surface area contributed by atoms with Gasteiger partial charge in [-0.05, 0) is 74.3 Å². The summed E-state index contributed by atoms with van der Waals surface area (Å²) in [6.07, 6.45) is 3.87. The first kappa shape index (κ1) is 30.4. The molecule has 0 unspecified atom stereocenters. The number of likely N-dealkylation sites (tertiary alicyclic amines) is 1. The van der Waals surface area contributed by atoms with Crippen LogP contribution in [0.1, 0.15) is 59.3 Å². The molecule has 4 aromatic rings. The van der Waals surface area contributed by atoms with E-state index in [4.69, 9.17) is 4.74 Å². The summed E-state index contributed by atoms with van der Waals surface area (Å²) in [5, 5.41) is 0.889. The van der Waals surface area contributed by atoms with Gasteiger partial charge in [-0.3, -0.25) is 4.79 Å². The van der Waals surface area contributed by atoms with E-state index in [9.17, 15) is 18.0 Å². The maximum atomic E-state index is 13.4. The molecule has 1 aromatic heterocycles. The molecule has 5 rings (SSSR count). The smallest absolute Gasteiger partial charge is 0.410 e. The summed E-state index contributed by atoms with van der Waals surface area (Å²) in [4.78, 5) is 27.9. The molecular weight excluding hydrogens is 562 g/mol. The number of nitrogens with one attached hydrogen (secondary N) is 1. The van der Waals surface area contributed by atoms with Crippen LogP contribution in [0, 0.1) is 6.92 Å². The molecule has 3 aromatic carbocycles. The average Bonchev–Trinajstić information content (AvgIpc) is 3.37. The third-order valence-electron chi connectivity index (χ3n) is 8.02. The van der Waals surface area contributed by atoms with Crippen LogP contribution in [0.25, 0.3) is 10.9 Å². The molecule has 1 fully saturated rings. The number of hydrogen-bond acceptors (Lipinski definition) is 5. The van der Waals surface area contributed by atoms with Gasteiger partial charge in [-0.15, -0.1) is 0 Å². The van der Waals surface area contributed by atoms with E-state index < -0.39 is 22.0 Å². The van der Waals surface area contributed by atoms with Gasteiger partial charge in [0, 0.05) is 30.0 Å². The predicted octanol–water partition coefficient (Wildman–Crippen LogP) is 6.22. The molecule has 0 bridgehead atoms. The number of nitrogens with zero attached hydrogens (tertiary/aromatic N) is 2. The topological polar surface area (TPSA) is 97.7 Å². The van der Waals surface area contributed by atoms with Crippen molar-refractivity contribution >= 4 is 32.9 Å². The average molecular weight is 602 g/mol. The van der Waals surface area contributed by atoms with Crippen molar-refractivity contribution in [2.75, 3.05) is 12.3 Å². The SMILES string of the molecule is Cc1ccc2cc(C(=O)NS(=O)(=O)CC[C@H]3CCCCN3C(=O)OCc3ccccc3)n(CCCc3ccccc3)c2c1. The van der Waals surface area contributed by atoms with Crippen LogP contribution >= 0.6 is 0 Å². The van der Waals surface area contributed by atoms with Crippen LogP contribution in [0.3, 0.4) is 0 Å². The van der Waals surface area contributed by atoms with Gasteiger partial charge in [0.05, 0.1) is 5.75 Å². The Bertz CT molecular complexity index is 1650. The van der Waals surface area contributed by atoms with Crippen molar-refractivity contribution in [1.82, 2.24) is 14.2 Å². The van der Waals surface area contributed by atoms with Crippen molar-refractivity contribution < 1.29 is 22.7 Å². The molecule has 2 heterocycles. The van der Waals surface area contributed by atoms with Gasteiger partial charge in [-0.2, -0.15) is 0 Å². The molecule has 1 saturated heterocycles. The first-order valence-corrected chi connectivity index (χ1v) is 16.6. The lowest BCUT2D eigenvalue weighted by Crippen LogP contribution is -2.45. The lowest BCUT2D eigenvalue weighted by molar-refractivity contribution is 0.0672. The van der Waals surface area contributed by atoms with E-state index in [-0.39, 0.29) is 24.8 Å². The van der Waals surface area contributed by atoms with Crippen LogP contribution in [0.4, 0.5) is 4.79 Å². The number of benzene rings is 3. The van der Waals surface area contributed by atoms with Crippen molar-refractivity contribution in [2.45, 2.75) is 64.6 Å². The Labute approximate surface area is 253 Å². The molecule has 2 amide bonds. The Morgan fingerprint density at radius 1 is 0.930 bits per heavy atom. The first-order valence-electron chi connectivity index (χ1n) is 14.9. The Balaban J connectivity index is 1.23. The summed E-state index contributed by atoms with van der Waals surface area (Å²) < 4.78 is 36.0. The van der Waals surface area contributed by atoms with Gasteiger partial charge in [0.2, 0.25) is 10.0 Å². The first-order chi connectivity index (χ1) is 20.8. The van der Waals surface area contributed by atoms with Gasteiger partial charge in [-0.1, -0.05) is 72.8 Å². The highest BCUT2D eigenvalue weighted by Crippen LogP contribution is 2.24. The summed E-state index contributed by atoms with van der Waals surface area (Å²) in [6, 6.07) is 27.1. The van der Waals surface area contributed by atoms with Crippen LogP contribution in [-0.2, 0) is 34.3 Å². The molecule has 1 aliphatic rings. The fourth-order valence-electron chi connectivity index (χ4n) is 5.76. The van der Waals surface area contributed by atoms with E-state index in [0.717, 1.165) is 47.7 Å². The van der Waals surface area contributed by atoms with Gasteiger partial charge in [0.1, 0.15) is 12.3 Å². The highest BCUT2D eigenvalue weighted by atomic mass is 32.2. The Kier molecular flexibility index (Phi) is 9.82. The summed E-state index contributed by atoms with van der Waals surface area (Å²) in [6.45, 7) is 3.26. The van der Waals surface area contributed by atoms with Gasteiger partial charge < -0.3 is 14.2 Å². The summed E-state index contributed by atoms with van der Waals surface area (Å²) >= 11 is 0. The van der Waals surface area contributed by atoms with E-state index in [1.165, 1.54) is 5.56 Å². The van der Waals surface area contributed by atoms with Crippen molar-refractivity contribution in [3.8, 4) is 0 Å². The highest BCUT2D eigenvalue weighted by Gasteiger charge is 2.30. The lowest BCUT2D eigenvalue weighted by atomic mass is 10.0. The zero-order chi connectivity index (χ0) is 30.2. The fraction of sp³-hybridized carbons (Fsp3) is 0.353. The zero-order valence-electron chi connectivity index (χ0n) is 24.6. The molecule has 0 saturated carbocycles. The number of hydrogen-bond donors (Lipinski definition) is 1. The molecule has 43 heavy (non-hydrogen) atoms. The van der Waals surface area contributed by atoms with E-state index in [1.54, 1.807) is 11.0 Å². The molecule has 0 aliphatic carbocycles. The van der Waals surface area contributed by atoms with Crippen LogP contribution in [-0.4, -0.2) is 48.2 Å². The number of amides is 2. The van der Waals surface area contributed by atoms with E-state index in [2.05, 4.69) is 16.9 Å². The molecule has 1 N–H and O–H groups in total. The minimum Gasteiger partial charge on any atom is -0.445 e. The van der Waals surface area contributed by atoms with Crippen LogP contribution in [0.5, 0.6) is 0 Å². The zero-order valence-corrected chi connectivity index (χ0v) is 25.4. The van der Waals surface area contributed by atoms with E-state index in [1.807, 2.05) is 78.2 Å². The predicted molar refractivity (Wildman–Crippen MR) is 168 cm³/mol. The second-order valence-corrected chi connectivity index (χ2v) is 13.1. The van der Waals surface area contributed by atoms with Crippen LogP contribution in [0.15, 0.2) is 84.9 Å². The standard InChI is InChI=1S/C34H39N3O5S/c1-26-17-18-29-24-32(37(31(29)23-26)21-10-15-27-11-4-2-5-12-27)33(38)35-43(40,41)22-19-30-16-8-9-20-36(30)34(39)42-25-28-13-6-3-7-14-28/h2-7,11-14,17-18,23-24,30H,8-10,15-16,19-22,25H2,1H3,(H,35,38)/t30-/m1/s1. The number of fused-ring (bicyclic) bond motifs is 1. The second kappa shape index (κ2) is 13.9. The largest absolute Gasteiger partial charge is 0.445 e. The van der Waals surface area contributed by atoms with Gasteiger partial charge >= 0.3 is 6.09 Å². The number of piperidine rings is 1. The monoisotopic (exact) mass is 601 g/mol. The molecule has 0 spiro atoms. The summed E-state index contributed by atoms with van der Waals surface area (Å²) in [7, 11) is -3.95. The Morgan fingerprint density at radius 2 is 1.65 bits per heavy atom. The number of sulfonamides is 1. The third kappa shape index (κ3) is 8.04. The number of ether oxygens (including phenoxy) is 1. The van der Waals surface area contributed by atoms with Crippen molar-refractivity contribution in [2.24, 2.45) is 0 Å². The number of carbonyl (C=O) groups excluding carboxylic acids is 2. The van der Waals surface area contributed by atoms with E-state index >= 15 is 0 Å². The second-order valence-electron chi connectivity index (χ2n) is 11.3. The number of rotatable bonds is 11. The maximum Gasteiger partial charge on any atom is 0.410 e. The minimum atomic E-state index is -3.95. The van der Waals surface area contributed by atoms with Gasteiger partial charge in [-0.25, -0.2) is 17.9 Å².